The van der Waals surface area contributed by atoms with Gasteiger partial charge in [0.15, 0.2) is 0 Å². The fourth-order valence-electron chi connectivity index (χ4n) is 9.83. The summed E-state index contributed by atoms with van der Waals surface area (Å²) < 4.78 is 10.6. The molecule has 0 aromatic heterocycles. The van der Waals surface area contributed by atoms with Crippen LogP contribution in [0.4, 0.5) is 0 Å². The molecule has 4 heteroatoms. The monoisotopic (exact) mass is 498 g/mol. The van der Waals surface area contributed by atoms with Gasteiger partial charge in [0.25, 0.3) is 0 Å². The number of methoxy groups -OCH3 is 1. The van der Waals surface area contributed by atoms with E-state index in [-0.39, 0.29) is 34.3 Å². The van der Waals surface area contributed by atoms with Gasteiger partial charge in [0, 0.05) is 18.4 Å². The fraction of sp³-hybridized carbons (Fsp3) is 0.812. The molecule has 0 aliphatic heterocycles. The summed E-state index contributed by atoms with van der Waals surface area (Å²) in [6.07, 6.45) is 15.3. The van der Waals surface area contributed by atoms with E-state index < -0.39 is 0 Å². The van der Waals surface area contributed by atoms with Crippen LogP contribution in [0.1, 0.15) is 113 Å². The van der Waals surface area contributed by atoms with E-state index >= 15 is 0 Å². The van der Waals surface area contributed by atoms with Crippen LogP contribution in [0, 0.1) is 39.4 Å². The van der Waals surface area contributed by atoms with Gasteiger partial charge >= 0.3 is 11.9 Å². The average molecular weight is 499 g/mol. The lowest BCUT2D eigenvalue weighted by Gasteiger charge is -2.62. The third-order valence-electron chi connectivity index (χ3n) is 12.0. The van der Waals surface area contributed by atoms with Crippen molar-refractivity contribution in [2.45, 2.75) is 119 Å². The normalized spacial score (nSPS) is 40.3. The maximum atomic E-state index is 11.8. The molecule has 2 saturated carbocycles. The minimum Gasteiger partial charge on any atom is -0.466 e. The van der Waals surface area contributed by atoms with Crippen molar-refractivity contribution >= 4 is 11.9 Å². The van der Waals surface area contributed by atoms with Crippen molar-refractivity contribution in [2.75, 3.05) is 7.11 Å². The summed E-state index contributed by atoms with van der Waals surface area (Å²) in [4.78, 5) is 23.2. The SMILES string of the molecule is COC(=O)/C=C\CC[C@@H](C)[C@H]1CC[C@@]2(C)C3=C(CC[C@]12C)[C@@]1(C)CC[C@H](OC(C)=O)C(C)(C)[C@@H]1CC3. The van der Waals surface area contributed by atoms with Gasteiger partial charge in [0.1, 0.15) is 6.10 Å². The van der Waals surface area contributed by atoms with Gasteiger partial charge in [0.05, 0.1) is 7.11 Å². The molecule has 0 radical (unpaired) electrons. The maximum Gasteiger partial charge on any atom is 0.330 e. The van der Waals surface area contributed by atoms with Crippen molar-refractivity contribution < 1.29 is 19.1 Å². The lowest BCUT2D eigenvalue weighted by atomic mass is 9.43. The number of hydrogen-bond donors (Lipinski definition) is 0. The van der Waals surface area contributed by atoms with Crippen LogP contribution in [0.5, 0.6) is 0 Å². The van der Waals surface area contributed by atoms with E-state index in [4.69, 9.17) is 9.47 Å². The Hall–Kier alpha value is -1.58. The number of carbonyl (C=O) groups excluding carboxylic acids is 2. The van der Waals surface area contributed by atoms with E-state index in [0.717, 1.165) is 31.6 Å². The Morgan fingerprint density at radius 3 is 2.39 bits per heavy atom. The lowest BCUT2D eigenvalue weighted by Crippen LogP contribution is -2.55. The van der Waals surface area contributed by atoms with Crippen LogP contribution in [0.3, 0.4) is 0 Å². The first-order valence-corrected chi connectivity index (χ1v) is 14.5. The van der Waals surface area contributed by atoms with Gasteiger partial charge in [-0.15, -0.1) is 0 Å². The van der Waals surface area contributed by atoms with Gasteiger partial charge in [-0.25, -0.2) is 4.79 Å². The molecule has 4 rings (SSSR count). The smallest absolute Gasteiger partial charge is 0.330 e. The van der Waals surface area contributed by atoms with Crippen LogP contribution in [0.15, 0.2) is 23.3 Å². The molecule has 0 bridgehead atoms. The molecule has 0 heterocycles. The van der Waals surface area contributed by atoms with Crippen LogP contribution in [0.25, 0.3) is 0 Å². The molecule has 4 aliphatic rings. The highest BCUT2D eigenvalue weighted by atomic mass is 16.5. The molecule has 0 aromatic carbocycles. The van der Waals surface area contributed by atoms with Crippen molar-refractivity contribution in [1.29, 1.82) is 0 Å². The average Bonchev–Trinajstić information content (AvgIpc) is 3.09. The Kier molecular flexibility index (Phi) is 7.34. The first-order chi connectivity index (χ1) is 16.8. The molecule has 7 atom stereocenters. The number of hydrogen-bond acceptors (Lipinski definition) is 4. The second-order valence-corrected chi connectivity index (χ2v) is 13.8. The summed E-state index contributed by atoms with van der Waals surface area (Å²) in [6, 6.07) is 0. The maximum absolute atomic E-state index is 11.8. The van der Waals surface area contributed by atoms with Crippen LogP contribution in [0.2, 0.25) is 0 Å². The topological polar surface area (TPSA) is 52.6 Å². The zero-order chi connectivity index (χ0) is 26.5. The van der Waals surface area contributed by atoms with E-state index in [1.165, 1.54) is 45.6 Å². The third-order valence-corrected chi connectivity index (χ3v) is 12.0. The van der Waals surface area contributed by atoms with Crippen molar-refractivity contribution in [2.24, 2.45) is 39.4 Å². The van der Waals surface area contributed by atoms with Gasteiger partial charge in [-0.1, -0.05) is 58.8 Å². The number of carbonyl (C=O) groups is 2. The molecule has 4 nitrogen and oxygen atoms in total. The Balaban J connectivity index is 1.57. The van der Waals surface area contributed by atoms with Gasteiger partial charge < -0.3 is 9.47 Å². The van der Waals surface area contributed by atoms with E-state index in [0.29, 0.717) is 17.3 Å². The summed E-state index contributed by atoms with van der Waals surface area (Å²) >= 11 is 0. The van der Waals surface area contributed by atoms with Crippen LogP contribution < -0.4 is 0 Å². The van der Waals surface area contributed by atoms with Gasteiger partial charge in [0.2, 0.25) is 0 Å². The highest BCUT2D eigenvalue weighted by Crippen LogP contribution is 2.72. The highest BCUT2D eigenvalue weighted by molar-refractivity contribution is 5.81. The summed E-state index contributed by atoms with van der Waals surface area (Å²) in [5.41, 5.74) is 4.43. The summed E-state index contributed by atoms with van der Waals surface area (Å²) in [7, 11) is 1.43. The van der Waals surface area contributed by atoms with E-state index in [1.807, 2.05) is 6.08 Å². The largest absolute Gasteiger partial charge is 0.466 e. The number of esters is 2. The van der Waals surface area contributed by atoms with E-state index in [1.54, 1.807) is 24.1 Å². The molecule has 0 amide bonds. The molecule has 0 unspecified atom stereocenters. The Morgan fingerprint density at radius 1 is 1.00 bits per heavy atom. The van der Waals surface area contributed by atoms with Gasteiger partial charge in [-0.05, 0) is 98.2 Å². The van der Waals surface area contributed by atoms with Crippen molar-refractivity contribution in [3.8, 4) is 0 Å². The van der Waals surface area contributed by atoms with Crippen LogP contribution >= 0.6 is 0 Å². The summed E-state index contributed by atoms with van der Waals surface area (Å²) in [5, 5.41) is 0. The Bertz CT molecular complexity index is 944. The molecule has 4 aliphatic carbocycles. The number of ether oxygens (including phenoxy) is 2. The van der Waals surface area contributed by atoms with Crippen molar-refractivity contribution in [3.63, 3.8) is 0 Å². The molecule has 0 N–H and O–H groups in total. The molecular weight excluding hydrogens is 448 g/mol. The highest BCUT2D eigenvalue weighted by Gasteiger charge is 2.63. The predicted octanol–water partition coefficient (Wildman–Crippen LogP) is 7.81. The summed E-state index contributed by atoms with van der Waals surface area (Å²) in [5.74, 6) is 1.53. The predicted molar refractivity (Wildman–Crippen MR) is 144 cm³/mol. The van der Waals surface area contributed by atoms with Crippen molar-refractivity contribution in [1.82, 2.24) is 0 Å². The fourth-order valence-corrected chi connectivity index (χ4v) is 9.83. The second-order valence-electron chi connectivity index (χ2n) is 13.8. The zero-order valence-electron chi connectivity index (χ0n) is 24.2. The molecule has 202 valence electrons. The first kappa shape index (κ1) is 27.5. The molecular formula is C32H50O4. The minimum absolute atomic E-state index is 0.00327. The van der Waals surface area contributed by atoms with E-state index in [2.05, 4.69) is 41.5 Å². The van der Waals surface area contributed by atoms with Gasteiger partial charge in [-0.3, -0.25) is 4.79 Å². The number of allylic oxidation sites excluding steroid dienone is 3. The quantitative estimate of drug-likeness (QED) is 0.213. The molecule has 0 aromatic rings. The van der Waals surface area contributed by atoms with Gasteiger partial charge in [-0.2, -0.15) is 0 Å². The molecule has 2 fully saturated rings. The molecule has 0 saturated heterocycles. The summed E-state index contributed by atoms with van der Waals surface area (Å²) in [6.45, 7) is 16.5. The van der Waals surface area contributed by atoms with Crippen LogP contribution in [-0.4, -0.2) is 25.2 Å². The lowest BCUT2D eigenvalue weighted by molar-refractivity contribution is -0.167. The zero-order valence-corrected chi connectivity index (χ0v) is 24.2. The van der Waals surface area contributed by atoms with E-state index in [9.17, 15) is 9.59 Å². The number of rotatable bonds is 6. The van der Waals surface area contributed by atoms with Crippen molar-refractivity contribution in [3.05, 3.63) is 23.3 Å². The standard InChI is InChI=1S/C32H50O4/c1-21(11-9-10-12-28(34)35-8)23-15-19-32(7)25-13-14-26-29(3,4)27(36-22(2)33)17-18-30(26,5)24(25)16-20-31(23,32)6/h10,12,21,23,26-27H,9,11,13-20H2,1-8H3/b12-10-/t21-,23-,26+,27+,30-,31-,32+/m1/s1. The van der Waals surface area contributed by atoms with Crippen LogP contribution in [-0.2, 0) is 19.1 Å². The first-order valence-electron chi connectivity index (χ1n) is 14.5. The Morgan fingerprint density at radius 2 is 1.72 bits per heavy atom. The second kappa shape index (κ2) is 9.62. The minimum atomic E-state index is -0.260. The third kappa shape index (κ3) is 4.19. The Labute approximate surface area is 219 Å². The number of fused-ring (bicyclic) bond motifs is 4. The molecule has 0 spiro atoms. The molecule has 36 heavy (non-hydrogen) atoms.